The Morgan fingerprint density at radius 2 is 1.28 bits per heavy atom. The summed E-state index contributed by atoms with van der Waals surface area (Å²) in [6.07, 6.45) is -7.75. The Morgan fingerprint density at radius 3 is 1.50 bits per heavy atom. The van der Waals surface area contributed by atoms with Gasteiger partial charge in [-0.2, -0.15) is 0 Å². The summed E-state index contributed by atoms with van der Waals surface area (Å²) in [5, 5.41) is 59.4. The highest BCUT2D eigenvalue weighted by Gasteiger charge is 2.29. The molecule has 0 unspecified atom stereocenters. The van der Waals surface area contributed by atoms with Gasteiger partial charge in [-0.3, -0.25) is 0 Å². The molecular weight excluding hydrogens is 252 g/mol. The zero-order chi connectivity index (χ0) is 14.7. The van der Waals surface area contributed by atoms with Crippen molar-refractivity contribution in [2.45, 2.75) is 30.5 Å². The summed E-state index contributed by atoms with van der Waals surface area (Å²) in [7, 11) is 0. The largest absolute Gasteiger partial charge is 0.394 e. The van der Waals surface area contributed by atoms with Crippen LogP contribution in [0.1, 0.15) is 0 Å². The van der Waals surface area contributed by atoms with Crippen molar-refractivity contribution >= 4 is 12.6 Å². The molecule has 0 radical (unpaired) electrons. The van der Waals surface area contributed by atoms with Crippen molar-refractivity contribution in [1.29, 1.82) is 0 Å². The molecule has 18 heavy (non-hydrogen) atoms. The molecule has 0 amide bonds. The van der Waals surface area contributed by atoms with Crippen molar-refractivity contribution in [3.05, 3.63) is 0 Å². The van der Waals surface area contributed by atoms with Crippen LogP contribution < -0.4 is 0 Å². The number of carbonyl (C=O) groups excluding carboxylic acids is 2. The van der Waals surface area contributed by atoms with E-state index in [1.807, 2.05) is 0 Å². The molecule has 0 aromatic rings. The smallest absolute Gasteiger partial charge is 0.151 e. The molecule has 7 N–H and O–H groups in total. The van der Waals surface area contributed by atoms with E-state index in [0.717, 1.165) is 0 Å². The Labute approximate surface area is 103 Å². The van der Waals surface area contributed by atoms with Crippen molar-refractivity contribution in [2.75, 3.05) is 13.2 Å². The van der Waals surface area contributed by atoms with Crippen molar-refractivity contribution in [3.8, 4) is 0 Å². The van der Waals surface area contributed by atoms with Crippen LogP contribution in [0.3, 0.4) is 0 Å². The summed E-state index contributed by atoms with van der Waals surface area (Å²) >= 11 is 0. The first-order chi connectivity index (χ1) is 8.35. The summed E-state index contributed by atoms with van der Waals surface area (Å²) in [5.74, 6) is 0. The molecule has 5 atom stereocenters. The molecule has 0 aliphatic carbocycles. The Hall–Kier alpha value is -0.940. The van der Waals surface area contributed by atoms with Crippen LogP contribution in [0.2, 0.25) is 0 Å². The number of hydrogen-bond acceptors (Lipinski definition) is 9. The molecule has 0 saturated heterocycles. The average Bonchev–Trinajstić information content (AvgIpc) is 2.43. The van der Waals surface area contributed by atoms with Crippen molar-refractivity contribution in [2.24, 2.45) is 0 Å². The van der Waals surface area contributed by atoms with Gasteiger partial charge in [-0.15, -0.1) is 0 Å². The SMILES string of the molecule is O=C[C@H](O)CO.O=C[C@H](O)[C@@H](O)[C@H](O)[C@H](O)CO. The summed E-state index contributed by atoms with van der Waals surface area (Å²) in [6.45, 7) is -1.24. The summed E-state index contributed by atoms with van der Waals surface area (Å²) in [4.78, 5) is 19.2. The highest BCUT2D eigenvalue weighted by Crippen LogP contribution is 2.02. The first kappa shape index (κ1) is 19.4. The second-order valence-electron chi connectivity index (χ2n) is 3.24. The van der Waals surface area contributed by atoms with Crippen LogP contribution in [0.25, 0.3) is 0 Å². The summed E-state index contributed by atoms with van der Waals surface area (Å²) in [6, 6.07) is 0. The topological polar surface area (TPSA) is 176 Å². The lowest BCUT2D eigenvalue weighted by Gasteiger charge is -2.22. The molecule has 0 aliphatic rings. The zero-order valence-electron chi connectivity index (χ0n) is 9.40. The Morgan fingerprint density at radius 1 is 0.778 bits per heavy atom. The lowest BCUT2D eigenvalue weighted by molar-refractivity contribution is -0.136. The minimum absolute atomic E-state index is 0.0258. The summed E-state index contributed by atoms with van der Waals surface area (Å²) < 4.78 is 0. The van der Waals surface area contributed by atoms with E-state index in [2.05, 4.69) is 0 Å². The highest BCUT2D eigenvalue weighted by molar-refractivity contribution is 5.56. The van der Waals surface area contributed by atoms with Gasteiger partial charge in [0.05, 0.1) is 13.2 Å². The van der Waals surface area contributed by atoms with Gasteiger partial charge in [-0.1, -0.05) is 0 Å². The molecule has 0 aromatic carbocycles. The third-order valence-electron chi connectivity index (χ3n) is 1.76. The first-order valence-corrected chi connectivity index (χ1v) is 4.88. The second-order valence-corrected chi connectivity index (χ2v) is 3.24. The molecule has 0 spiro atoms. The maximum absolute atomic E-state index is 9.90. The fourth-order valence-corrected chi connectivity index (χ4v) is 0.661. The fraction of sp³-hybridized carbons (Fsp3) is 0.778. The Kier molecular flexibility index (Phi) is 12.0. The molecule has 0 rings (SSSR count). The standard InChI is InChI=1S/C6H12O6.C3H6O3/c7-1-3(9)5(11)6(12)4(10)2-8;4-1-3(6)2-5/h1,3-6,8-12H,2H2;1,3,5-6H,2H2/t3-,4+,5+,6+;3-/m00/s1. The average molecular weight is 270 g/mol. The molecule has 108 valence electrons. The van der Waals surface area contributed by atoms with Crippen molar-refractivity contribution < 1.29 is 45.3 Å². The number of aliphatic hydroxyl groups is 7. The third-order valence-corrected chi connectivity index (χ3v) is 1.76. The van der Waals surface area contributed by atoms with E-state index in [9.17, 15) is 9.59 Å². The van der Waals surface area contributed by atoms with Gasteiger partial charge < -0.3 is 45.3 Å². The highest BCUT2D eigenvalue weighted by atomic mass is 16.4. The Balaban J connectivity index is 0. The third kappa shape index (κ3) is 8.20. The van der Waals surface area contributed by atoms with Crippen LogP contribution in [0.15, 0.2) is 0 Å². The van der Waals surface area contributed by atoms with Gasteiger partial charge in [0.1, 0.15) is 30.5 Å². The molecule has 0 saturated carbocycles. The van der Waals surface area contributed by atoms with E-state index in [0.29, 0.717) is 0 Å². The van der Waals surface area contributed by atoms with Crippen LogP contribution in [0.5, 0.6) is 0 Å². The minimum Gasteiger partial charge on any atom is -0.394 e. The first-order valence-electron chi connectivity index (χ1n) is 4.88. The van der Waals surface area contributed by atoms with Gasteiger partial charge >= 0.3 is 0 Å². The molecule has 0 aromatic heterocycles. The molecule has 0 fully saturated rings. The van der Waals surface area contributed by atoms with Gasteiger partial charge in [0.15, 0.2) is 12.6 Å². The van der Waals surface area contributed by atoms with E-state index in [4.69, 9.17) is 35.7 Å². The van der Waals surface area contributed by atoms with Gasteiger partial charge in [0, 0.05) is 0 Å². The van der Waals surface area contributed by atoms with Crippen molar-refractivity contribution in [3.63, 3.8) is 0 Å². The predicted molar refractivity (Wildman–Crippen MR) is 56.3 cm³/mol. The number of aldehydes is 2. The molecule has 9 nitrogen and oxygen atoms in total. The number of carbonyl (C=O) groups is 2. The van der Waals surface area contributed by atoms with Crippen LogP contribution >= 0.6 is 0 Å². The normalized spacial score (nSPS) is 18.6. The number of hydrogen-bond donors (Lipinski definition) is 7. The fourth-order valence-electron chi connectivity index (χ4n) is 0.661. The molecule has 0 bridgehead atoms. The quantitative estimate of drug-likeness (QED) is 0.224. The molecular formula is C9H18O9. The van der Waals surface area contributed by atoms with Crippen molar-refractivity contribution in [1.82, 2.24) is 0 Å². The molecule has 9 heteroatoms. The number of aliphatic hydroxyl groups excluding tert-OH is 7. The molecule has 0 aliphatic heterocycles. The van der Waals surface area contributed by atoms with Crippen LogP contribution in [0, 0.1) is 0 Å². The van der Waals surface area contributed by atoms with Crippen LogP contribution in [-0.2, 0) is 9.59 Å². The van der Waals surface area contributed by atoms with Gasteiger partial charge in [0.25, 0.3) is 0 Å². The maximum Gasteiger partial charge on any atom is 0.151 e. The lowest BCUT2D eigenvalue weighted by Crippen LogP contribution is -2.46. The zero-order valence-corrected chi connectivity index (χ0v) is 9.40. The monoisotopic (exact) mass is 270 g/mol. The maximum atomic E-state index is 9.90. The van der Waals surface area contributed by atoms with Gasteiger partial charge in [-0.05, 0) is 0 Å². The number of rotatable bonds is 7. The minimum atomic E-state index is -1.79. The van der Waals surface area contributed by atoms with Gasteiger partial charge in [-0.25, -0.2) is 0 Å². The lowest BCUT2D eigenvalue weighted by atomic mass is 10.0. The second kappa shape index (κ2) is 11.2. The van der Waals surface area contributed by atoms with E-state index < -0.39 is 43.7 Å². The van der Waals surface area contributed by atoms with E-state index in [1.165, 1.54) is 0 Å². The Bertz CT molecular complexity index is 222. The van der Waals surface area contributed by atoms with E-state index in [1.54, 1.807) is 0 Å². The van der Waals surface area contributed by atoms with Crippen LogP contribution in [0.4, 0.5) is 0 Å². The van der Waals surface area contributed by atoms with Crippen LogP contribution in [-0.4, -0.2) is 92.1 Å². The van der Waals surface area contributed by atoms with Gasteiger partial charge in [0.2, 0.25) is 0 Å². The molecule has 0 heterocycles. The van der Waals surface area contributed by atoms with E-state index >= 15 is 0 Å². The predicted octanol–water partition coefficient (Wildman–Crippen LogP) is -4.84. The summed E-state index contributed by atoms with van der Waals surface area (Å²) in [5.41, 5.74) is 0. The van der Waals surface area contributed by atoms with E-state index in [-0.39, 0.29) is 12.6 Å².